The Kier molecular flexibility index (Phi) is 16.1. The third-order valence-electron chi connectivity index (χ3n) is 8.52. The van der Waals surface area contributed by atoms with Crippen molar-refractivity contribution >= 4 is 29.5 Å². The molecule has 1 heterocycles. The van der Waals surface area contributed by atoms with Crippen molar-refractivity contribution in [3.63, 3.8) is 0 Å². The van der Waals surface area contributed by atoms with Crippen molar-refractivity contribution in [2.24, 2.45) is 17.6 Å². The first-order valence-corrected chi connectivity index (χ1v) is 16.2. The summed E-state index contributed by atoms with van der Waals surface area (Å²) >= 11 is 1.54. The van der Waals surface area contributed by atoms with Crippen LogP contribution in [0.5, 0.6) is 0 Å². The topological polar surface area (TPSA) is 126 Å². The molecule has 10 nitrogen and oxygen atoms in total. The highest BCUT2D eigenvalue weighted by atomic mass is 32.2. The molecule has 3 amide bonds. The first-order chi connectivity index (χ1) is 20.6. The van der Waals surface area contributed by atoms with Gasteiger partial charge in [-0.25, -0.2) is 0 Å². The molecule has 4 N–H and O–H groups in total. The number of nitrogens with two attached hydrogens (primary N) is 1. The quantitative estimate of drug-likeness (QED) is 0.214. The second-order valence-corrected chi connectivity index (χ2v) is 12.4. The zero-order chi connectivity index (χ0) is 31.9. The Morgan fingerprint density at radius 2 is 1.88 bits per heavy atom. The van der Waals surface area contributed by atoms with E-state index in [0.717, 1.165) is 24.8 Å². The first-order valence-electron chi connectivity index (χ1n) is 15.3. The molecule has 1 aliphatic heterocycles. The number of ether oxygens (including phenoxy) is 2. The van der Waals surface area contributed by atoms with Crippen molar-refractivity contribution in [1.82, 2.24) is 20.4 Å². The number of likely N-dealkylation sites (N-methyl/N-ethyl adjacent to an activating group) is 1. The lowest BCUT2D eigenvalue weighted by molar-refractivity contribution is -0.145. The average Bonchev–Trinajstić information content (AvgIpc) is 3.50. The van der Waals surface area contributed by atoms with Gasteiger partial charge in [0.15, 0.2) is 0 Å². The van der Waals surface area contributed by atoms with Crippen LogP contribution in [0, 0.1) is 11.8 Å². The number of thioether (sulfide) groups is 1. The predicted octanol–water partition coefficient (Wildman–Crippen LogP) is 2.97. The van der Waals surface area contributed by atoms with Crippen molar-refractivity contribution in [3.8, 4) is 0 Å². The van der Waals surface area contributed by atoms with E-state index in [4.69, 9.17) is 15.2 Å². The number of nitrogens with zero attached hydrogens (tertiary/aromatic N) is 2. The number of hydrogen-bond acceptors (Lipinski definition) is 8. The maximum Gasteiger partial charge on any atom is 0.236 e. The van der Waals surface area contributed by atoms with E-state index in [9.17, 15) is 14.4 Å². The van der Waals surface area contributed by atoms with E-state index in [0.29, 0.717) is 13.0 Å². The molecule has 0 aliphatic carbocycles. The van der Waals surface area contributed by atoms with E-state index in [1.165, 1.54) is 11.8 Å². The first kappa shape index (κ1) is 36.6. The Balaban J connectivity index is 2.18. The smallest absolute Gasteiger partial charge is 0.236 e. The molecule has 7 atom stereocenters. The third-order valence-corrected chi connectivity index (χ3v) is 9.43. The largest absolute Gasteiger partial charge is 0.394 e. The van der Waals surface area contributed by atoms with Gasteiger partial charge in [-0.1, -0.05) is 57.5 Å². The zero-order valence-corrected chi connectivity index (χ0v) is 27.8. The van der Waals surface area contributed by atoms with Crippen LogP contribution in [0.1, 0.15) is 52.0 Å². The van der Waals surface area contributed by atoms with E-state index in [-0.39, 0.29) is 54.1 Å². The van der Waals surface area contributed by atoms with Gasteiger partial charge in [-0.3, -0.25) is 14.4 Å². The predicted molar refractivity (Wildman–Crippen MR) is 173 cm³/mol. The molecule has 0 unspecified atom stereocenters. The molecule has 1 aliphatic rings. The van der Waals surface area contributed by atoms with Gasteiger partial charge in [0.25, 0.3) is 0 Å². The number of methoxy groups -OCH3 is 2. The Hall–Kier alpha value is -2.60. The van der Waals surface area contributed by atoms with Crippen LogP contribution in [-0.2, 0) is 30.3 Å². The SMILES string of the molecule is CC[C@H](C)[C@@H]([C@@H](CC(=O)N1CCC[C@H]1[C@H](OC)[C@@H](C)C(=O)N[C@@H](Cc1ccccc1)S/C=C\NC)OC)N(C)C(=O)CN. The molecule has 0 spiro atoms. The summed E-state index contributed by atoms with van der Waals surface area (Å²) in [6.45, 7) is 6.45. The van der Waals surface area contributed by atoms with Crippen molar-refractivity contribution < 1.29 is 23.9 Å². The van der Waals surface area contributed by atoms with Crippen LogP contribution in [0.3, 0.4) is 0 Å². The van der Waals surface area contributed by atoms with Crippen LogP contribution < -0.4 is 16.4 Å². The normalized spacial score (nSPS) is 19.3. The van der Waals surface area contributed by atoms with Crippen molar-refractivity contribution in [2.45, 2.75) is 82.5 Å². The van der Waals surface area contributed by atoms with Gasteiger partial charge >= 0.3 is 0 Å². The molecule has 0 aromatic heterocycles. The van der Waals surface area contributed by atoms with Gasteiger partial charge < -0.3 is 35.6 Å². The zero-order valence-electron chi connectivity index (χ0n) is 27.0. The van der Waals surface area contributed by atoms with Crippen molar-refractivity contribution in [2.75, 3.05) is 41.4 Å². The van der Waals surface area contributed by atoms with Crippen LogP contribution in [0.25, 0.3) is 0 Å². The lowest BCUT2D eigenvalue weighted by Crippen LogP contribution is -2.54. The van der Waals surface area contributed by atoms with Crippen LogP contribution in [0.2, 0.25) is 0 Å². The summed E-state index contributed by atoms with van der Waals surface area (Å²) in [5.74, 6) is -0.766. The number of carbonyl (C=O) groups excluding carboxylic acids is 3. The van der Waals surface area contributed by atoms with Crippen molar-refractivity contribution in [1.29, 1.82) is 0 Å². The van der Waals surface area contributed by atoms with Crippen LogP contribution in [0.4, 0.5) is 0 Å². The Labute approximate surface area is 262 Å². The fraction of sp³-hybridized carbons (Fsp3) is 0.656. The summed E-state index contributed by atoms with van der Waals surface area (Å²) < 4.78 is 11.8. The van der Waals surface area contributed by atoms with Gasteiger partial charge in [0, 0.05) is 47.5 Å². The average molecular weight is 620 g/mol. The lowest BCUT2D eigenvalue weighted by atomic mass is 9.90. The standard InChI is InChI=1S/C32H53N5O5S/c1-8-22(2)30(36(5)29(39)21-33)26(41-6)20-28(38)37-17-12-15-25(37)31(42-7)23(3)32(40)35-27(43-18-16-34-4)19-24-13-10-9-11-14-24/h9-11,13-14,16,18,22-23,25-27,30-31,34H,8,12,15,17,19-21,33H2,1-7H3,(H,35,40)/b18-16-/t22-,23+,25-,26+,27+,30-,31+/m0/s1. The molecule has 1 aromatic rings. The van der Waals surface area contributed by atoms with E-state index in [2.05, 4.69) is 24.5 Å². The number of carbonyl (C=O) groups is 3. The summed E-state index contributed by atoms with van der Waals surface area (Å²) in [5, 5.41) is 7.95. The minimum absolute atomic E-state index is 0.0689. The van der Waals surface area contributed by atoms with E-state index in [1.807, 2.05) is 60.8 Å². The minimum Gasteiger partial charge on any atom is -0.394 e. The van der Waals surface area contributed by atoms with Crippen LogP contribution in [-0.4, -0.2) is 98.6 Å². The number of hydrogen-bond donors (Lipinski definition) is 3. The molecular weight excluding hydrogens is 566 g/mol. The van der Waals surface area contributed by atoms with Gasteiger partial charge in [-0.2, -0.15) is 0 Å². The molecule has 0 bridgehead atoms. The van der Waals surface area contributed by atoms with Gasteiger partial charge in [-0.05, 0) is 29.7 Å². The Bertz CT molecular complexity index is 1030. The molecule has 0 radical (unpaired) electrons. The highest BCUT2D eigenvalue weighted by Gasteiger charge is 2.42. The maximum absolute atomic E-state index is 13.8. The second kappa shape index (κ2) is 18.9. The lowest BCUT2D eigenvalue weighted by Gasteiger charge is -2.39. The summed E-state index contributed by atoms with van der Waals surface area (Å²) in [5.41, 5.74) is 6.78. The molecular formula is C32H53N5O5S. The van der Waals surface area contributed by atoms with Gasteiger partial charge in [0.2, 0.25) is 17.7 Å². The fourth-order valence-electron chi connectivity index (χ4n) is 5.92. The number of likely N-dealkylation sites (tertiary alicyclic amines) is 1. The maximum atomic E-state index is 13.8. The van der Waals surface area contributed by atoms with Crippen LogP contribution >= 0.6 is 11.8 Å². The third kappa shape index (κ3) is 10.5. The van der Waals surface area contributed by atoms with Crippen molar-refractivity contribution in [3.05, 3.63) is 47.5 Å². The number of nitrogens with one attached hydrogen (secondary N) is 2. The summed E-state index contributed by atoms with van der Waals surface area (Å²) in [6, 6.07) is 9.51. The van der Waals surface area contributed by atoms with Gasteiger partial charge in [0.1, 0.15) is 0 Å². The molecule has 1 saturated heterocycles. The van der Waals surface area contributed by atoms with Crippen LogP contribution in [0.15, 0.2) is 41.9 Å². The molecule has 1 aromatic carbocycles. The summed E-state index contributed by atoms with van der Waals surface area (Å²) in [4.78, 5) is 43.3. The fourth-order valence-corrected chi connectivity index (χ4v) is 6.80. The Morgan fingerprint density at radius 3 is 2.47 bits per heavy atom. The molecule has 43 heavy (non-hydrogen) atoms. The van der Waals surface area contributed by atoms with E-state index < -0.39 is 18.1 Å². The van der Waals surface area contributed by atoms with Gasteiger partial charge in [0.05, 0.1) is 48.5 Å². The molecule has 1 fully saturated rings. The Morgan fingerprint density at radius 1 is 1.19 bits per heavy atom. The number of benzene rings is 1. The second-order valence-electron chi connectivity index (χ2n) is 11.3. The molecule has 242 valence electrons. The number of rotatable bonds is 18. The van der Waals surface area contributed by atoms with E-state index in [1.54, 1.807) is 26.2 Å². The molecule has 0 saturated carbocycles. The molecule has 2 rings (SSSR count). The number of amides is 3. The monoisotopic (exact) mass is 619 g/mol. The molecule has 11 heteroatoms. The van der Waals surface area contributed by atoms with E-state index >= 15 is 0 Å². The summed E-state index contributed by atoms with van der Waals surface area (Å²) in [6.07, 6.45) is 4.04. The summed E-state index contributed by atoms with van der Waals surface area (Å²) in [7, 11) is 6.74. The van der Waals surface area contributed by atoms with Gasteiger partial charge in [-0.15, -0.1) is 11.8 Å². The minimum atomic E-state index is -0.493. The highest BCUT2D eigenvalue weighted by Crippen LogP contribution is 2.29. The highest BCUT2D eigenvalue weighted by molar-refractivity contribution is 8.02.